The number of thiophene rings is 1. The van der Waals surface area contributed by atoms with Gasteiger partial charge in [-0.25, -0.2) is 0 Å². The number of nitrogens with one attached hydrogen (secondary N) is 1. The predicted molar refractivity (Wildman–Crippen MR) is 87.6 cm³/mol. The van der Waals surface area contributed by atoms with Crippen LogP contribution in [0.5, 0.6) is 0 Å². The zero-order valence-corrected chi connectivity index (χ0v) is 13.8. The van der Waals surface area contributed by atoms with E-state index in [-0.39, 0.29) is 11.8 Å². The molecule has 0 saturated carbocycles. The number of aryl methyl sites for hydroxylation is 1. The minimum atomic E-state index is 0.0654. The molecule has 0 aromatic carbocycles. The Hall–Kier alpha value is -1.34. The van der Waals surface area contributed by atoms with Crippen molar-refractivity contribution in [2.75, 3.05) is 5.32 Å². The van der Waals surface area contributed by atoms with Crippen LogP contribution in [0, 0.1) is 17.2 Å². The molecule has 0 bridgehead atoms. The molecule has 114 valence electrons. The Morgan fingerprint density at radius 2 is 2.14 bits per heavy atom. The summed E-state index contributed by atoms with van der Waals surface area (Å²) < 4.78 is 0. The summed E-state index contributed by atoms with van der Waals surface area (Å²) in [6.45, 7) is 4.20. The smallest absolute Gasteiger partial charge is 0.228 e. The van der Waals surface area contributed by atoms with E-state index in [1.165, 1.54) is 16.9 Å². The average molecular weight is 304 g/mol. The first-order valence-electron chi connectivity index (χ1n) is 8.06. The normalized spacial score (nSPS) is 15.1. The molecule has 1 heterocycles. The molecule has 3 nitrogen and oxygen atoms in total. The lowest BCUT2D eigenvalue weighted by molar-refractivity contribution is -0.120. The average Bonchev–Trinajstić information content (AvgIpc) is 2.85. The fraction of sp³-hybridized carbons (Fsp3) is 0.647. The van der Waals surface area contributed by atoms with Crippen molar-refractivity contribution >= 4 is 22.2 Å². The Balaban J connectivity index is 2.13. The maximum Gasteiger partial charge on any atom is 0.228 e. The zero-order valence-electron chi connectivity index (χ0n) is 13.0. The van der Waals surface area contributed by atoms with Gasteiger partial charge >= 0.3 is 0 Å². The first-order valence-corrected chi connectivity index (χ1v) is 8.88. The lowest BCUT2D eigenvalue weighted by Crippen LogP contribution is -2.22. The highest BCUT2D eigenvalue weighted by molar-refractivity contribution is 7.16. The SMILES string of the molecule is CCCC[C@H](CC)C(=O)Nc1sc2c(c1C#N)CCCC2. The van der Waals surface area contributed by atoms with E-state index in [1.54, 1.807) is 11.3 Å². The molecule has 1 atom stereocenters. The third-order valence-corrected chi connectivity index (χ3v) is 5.50. The second-order valence-electron chi connectivity index (χ2n) is 5.76. The molecule has 0 radical (unpaired) electrons. The number of fused-ring (bicyclic) bond motifs is 1. The van der Waals surface area contributed by atoms with Gasteiger partial charge in [0.25, 0.3) is 0 Å². The molecule has 4 heteroatoms. The van der Waals surface area contributed by atoms with Crippen LogP contribution < -0.4 is 5.32 Å². The summed E-state index contributed by atoms with van der Waals surface area (Å²) in [5.41, 5.74) is 1.90. The van der Waals surface area contributed by atoms with E-state index < -0.39 is 0 Å². The van der Waals surface area contributed by atoms with Crippen LogP contribution in [-0.4, -0.2) is 5.91 Å². The van der Waals surface area contributed by atoms with Crippen molar-refractivity contribution < 1.29 is 4.79 Å². The van der Waals surface area contributed by atoms with Gasteiger partial charge in [0, 0.05) is 10.8 Å². The Labute approximate surface area is 131 Å². The minimum absolute atomic E-state index is 0.0654. The van der Waals surface area contributed by atoms with Crippen molar-refractivity contribution in [2.24, 2.45) is 5.92 Å². The van der Waals surface area contributed by atoms with Gasteiger partial charge in [0.2, 0.25) is 5.91 Å². The van der Waals surface area contributed by atoms with Crippen molar-refractivity contribution in [3.63, 3.8) is 0 Å². The van der Waals surface area contributed by atoms with Crippen molar-refractivity contribution in [3.8, 4) is 6.07 Å². The molecule has 0 fully saturated rings. The van der Waals surface area contributed by atoms with Crippen LogP contribution >= 0.6 is 11.3 Å². The van der Waals surface area contributed by atoms with E-state index in [1.807, 2.05) is 0 Å². The van der Waals surface area contributed by atoms with Gasteiger partial charge in [0.15, 0.2) is 0 Å². The lowest BCUT2D eigenvalue weighted by Gasteiger charge is -2.13. The Morgan fingerprint density at radius 1 is 1.38 bits per heavy atom. The number of carbonyl (C=O) groups excluding carboxylic acids is 1. The molecule has 1 N–H and O–H groups in total. The number of hydrogen-bond acceptors (Lipinski definition) is 3. The summed E-state index contributed by atoms with van der Waals surface area (Å²) in [6.07, 6.45) is 8.37. The molecule has 1 amide bonds. The summed E-state index contributed by atoms with van der Waals surface area (Å²) in [7, 11) is 0. The van der Waals surface area contributed by atoms with Gasteiger partial charge in [-0.15, -0.1) is 11.3 Å². The predicted octanol–water partition coefficient (Wildman–Crippen LogP) is 4.65. The number of unbranched alkanes of at least 4 members (excludes halogenated alkanes) is 1. The number of nitriles is 1. The van der Waals surface area contributed by atoms with Gasteiger partial charge in [-0.2, -0.15) is 5.26 Å². The fourth-order valence-electron chi connectivity index (χ4n) is 2.96. The third kappa shape index (κ3) is 3.65. The topological polar surface area (TPSA) is 52.9 Å². The standard InChI is InChI=1S/C17H24N2OS/c1-3-5-8-12(4-2)16(20)19-17-14(11-18)13-9-6-7-10-15(13)21-17/h12H,3-10H2,1-2H3,(H,19,20)/t12-/m0/s1. The Kier molecular flexibility index (Phi) is 5.81. The van der Waals surface area contributed by atoms with Gasteiger partial charge in [0.05, 0.1) is 5.56 Å². The number of amides is 1. The van der Waals surface area contributed by atoms with Gasteiger partial charge < -0.3 is 5.32 Å². The van der Waals surface area contributed by atoms with Crippen LogP contribution in [-0.2, 0) is 17.6 Å². The van der Waals surface area contributed by atoms with Crippen molar-refractivity contribution in [1.29, 1.82) is 5.26 Å². The van der Waals surface area contributed by atoms with E-state index in [2.05, 4.69) is 25.2 Å². The molecule has 0 saturated heterocycles. The van der Waals surface area contributed by atoms with Crippen LogP contribution in [0.1, 0.15) is 68.4 Å². The van der Waals surface area contributed by atoms with Crippen molar-refractivity contribution in [1.82, 2.24) is 0 Å². The number of nitrogens with zero attached hydrogens (tertiary/aromatic N) is 1. The van der Waals surface area contributed by atoms with E-state index in [9.17, 15) is 10.1 Å². The first kappa shape index (κ1) is 16.0. The quantitative estimate of drug-likeness (QED) is 0.831. The molecular formula is C17H24N2OS. The maximum absolute atomic E-state index is 12.4. The molecule has 0 aliphatic heterocycles. The van der Waals surface area contributed by atoms with Gasteiger partial charge in [-0.1, -0.05) is 26.7 Å². The summed E-state index contributed by atoms with van der Waals surface area (Å²) >= 11 is 1.61. The van der Waals surface area contributed by atoms with Crippen LogP contribution in [0.25, 0.3) is 0 Å². The summed E-state index contributed by atoms with van der Waals surface area (Å²) in [6, 6.07) is 2.30. The molecule has 1 aromatic heterocycles. The number of hydrogen-bond donors (Lipinski definition) is 1. The highest BCUT2D eigenvalue weighted by atomic mass is 32.1. The minimum Gasteiger partial charge on any atom is -0.316 e. The summed E-state index contributed by atoms with van der Waals surface area (Å²) in [4.78, 5) is 13.7. The van der Waals surface area contributed by atoms with Gasteiger partial charge in [-0.3, -0.25) is 4.79 Å². The number of carbonyl (C=O) groups is 1. The van der Waals surface area contributed by atoms with Gasteiger partial charge in [0.1, 0.15) is 11.1 Å². The highest BCUT2D eigenvalue weighted by Gasteiger charge is 2.23. The van der Waals surface area contributed by atoms with Crippen LogP contribution in [0.2, 0.25) is 0 Å². The van der Waals surface area contributed by atoms with Crippen molar-refractivity contribution in [2.45, 2.75) is 65.2 Å². The maximum atomic E-state index is 12.4. The van der Waals surface area contributed by atoms with E-state index in [0.717, 1.165) is 49.9 Å². The zero-order chi connectivity index (χ0) is 15.2. The summed E-state index contributed by atoms with van der Waals surface area (Å²) in [5, 5.41) is 13.2. The molecule has 0 unspecified atom stereocenters. The second kappa shape index (κ2) is 7.61. The molecular weight excluding hydrogens is 280 g/mol. The lowest BCUT2D eigenvalue weighted by atomic mass is 9.95. The summed E-state index contributed by atoms with van der Waals surface area (Å²) in [5.74, 6) is 0.150. The molecule has 2 rings (SSSR count). The molecule has 1 aliphatic rings. The highest BCUT2D eigenvalue weighted by Crippen LogP contribution is 2.37. The molecule has 1 aromatic rings. The van der Waals surface area contributed by atoms with E-state index in [0.29, 0.717) is 5.56 Å². The largest absolute Gasteiger partial charge is 0.316 e. The monoisotopic (exact) mass is 304 g/mol. The molecule has 21 heavy (non-hydrogen) atoms. The van der Waals surface area contributed by atoms with Crippen LogP contribution in [0.3, 0.4) is 0 Å². The first-order chi connectivity index (χ1) is 10.2. The molecule has 1 aliphatic carbocycles. The molecule has 0 spiro atoms. The fourth-order valence-corrected chi connectivity index (χ4v) is 4.20. The second-order valence-corrected chi connectivity index (χ2v) is 6.87. The van der Waals surface area contributed by atoms with Crippen LogP contribution in [0.15, 0.2) is 0 Å². The van der Waals surface area contributed by atoms with Crippen molar-refractivity contribution in [3.05, 3.63) is 16.0 Å². The Morgan fingerprint density at radius 3 is 2.81 bits per heavy atom. The van der Waals surface area contributed by atoms with Crippen LogP contribution in [0.4, 0.5) is 5.00 Å². The number of anilines is 1. The number of rotatable bonds is 6. The van der Waals surface area contributed by atoms with E-state index >= 15 is 0 Å². The van der Waals surface area contributed by atoms with Gasteiger partial charge in [-0.05, 0) is 44.1 Å². The van der Waals surface area contributed by atoms with E-state index in [4.69, 9.17) is 0 Å². The third-order valence-electron chi connectivity index (χ3n) is 4.29. The Bertz CT molecular complexity index is 542.